The Hall–Kier alpha value is -0.760. The van der Waals surface area contributed by atoms with Gasteiger partial charge in [0.05, 0.1) is 12.3 Å². The van der Waals surface area contributed by atoms with E-state index in [-0.39, 0.29) is 0 Å². The summed E-state index contributed by atoms with van der Waals surface area (Å²) in [5.41, 5.74) is 0. The van der Waals surface area contributed by atoms with Crippen LogP contribution in [0.2, 0.25) is 0 Å². The van der Waals surface area contributed by atoms with E-state index in [1.807, 2.05) is 13.1 Å². The molecule has 0 saturated heterocycles. The fourth-order valence-corrected chi connectivity index (χ4v) is 3.30. The number of hydrogen-bond acceptors (Lipinski definition) is 2. The Kier molecular flexibility index (Phi) is 4.66. The molecule has 2 heteroatoms. The van der Waals surface area contributed by atoms with Crippen LogP contribution < -0.4 is 5.32 Å². The van der Waals surface area contributed by atoms with E-state index in [4.69, 9.17) is 4.42 Å². The fourth-order valence-electron chi connectivity index (χ4n) is 3.30. The molecule has 0 aromatic carbocycles. The molecule has 1 aliphatic rings. The molecular formula is C15H25NO. The summed E-state index contributed by atoms with van der Waals surface area (Å²) in [6.45, 7) is 2.30. The molecule has 1 aromatic heterocycles. The third kappa shape index (κ3) is 3.12. The topological polar surface area (TPSA) is 25.2 Å². The zero-order chi connectivity index (χ0) is 12.1. The highest BCUT2D eigenvalue weighted by Gasteiger charge is 2.28. The van der Waals surface area contributed by atoms with Crippen molar-refractivity contribution in [1.82, 2.24) is 5.32 Å². The Balaban J connectivity index is 1.90. The lowest BCUT2D eigenvalue weighted by Crippen LogP contribution is -2.28. The van der Waals surface area contributed by atoms with Gasteiger partial charge in [0.2, 0.25) is 0 Å². The van der Waals surface area contributed by atoms with E-state index in [9.17, 15) is 0 Å². The lowest BCUT2D eigenvalue weighted by molar-refractivity contribution is 0.204. The third-order valence-corrected chi connectivity index (χ3v) is 4.22. The van der Waals surface area contributed by atoms with Crippen molar-refractivity contribution in [2.75, 3.05) is 7.05 Å². The highest BCUT2D eigenvalue weighted by atomic mass is 16.3. The normalized spacial score (nSPS) is 26.9. The van der Waals surface area contributed by atoms with Crippen LogP contribution in [0.4, 0.5) is 0 Å². The van der Waals surface area contributed by atoms with Crippen LogP contribution in [-0.2, 0) is 0 Å². The summed E-state index contributed by atoms with van der Waals surface area (Å²) in [6.07, 6.45) is 10.0. The first kappa shape index (κ1) is 12.7. The summed E-state index contributed by atoms with van der Waals surface area (Å²) in [4.78, 5) is 0. The quantitative estimate of drug-likeness (QED) is 0.829. The van der Waals surface area contributed by atoms with Crippen LogP contribution >= 0.6 is 0 Å². The Bertz CT molecular complexity index is 299. The first-order chi connectivity index (χ1) is 8.35. The van der Waals surface area contributed by atoms with Crippen molar-refractivity contribution in [3.8, 4) is 0 Å². The SMILES string of the molecule is CCCC1CCC(C(NC)c2ccco2)CC1. The predicted molar refractivity (Wildman–Crippen MR) is 70.9 cm³/mol. The second kappa shape index (κ2) is 6.25. The van der Waals surface area contributed by atoms with Gasteiger partial charge >= 0.3 is 0 Å². The monoisotopic (exact) mass is 235 g/mol. The van der Waals surface area contributed by atoms with Crippen LogP contribution in [0.15, 0.2) is 22.8 Å². The molecule has 2 rings (SSSR count). The smallest absolute Gasteiger partial charge is 0.120 e. The summed E-state index contributed by atoms with van der Waals surface area (Å²) in [7, 11) is 2.05. The van der Waals surface area contributed by atoms with Gasteiger partial charge in [0.15, 0.2) is 0 Å². The van der Waals surface area contributed by atoms with Crippen molar-refractivity contribution < 1.29 is 4.42 Å². The molecule has 1 saturated carbocycles. The van der Waals surface area contributed by atoms with Crippen molar-refractivity contribution in [3.05, 3.63) is 24.2 Å². The highest BCUT2D eigenvalue weighted by molar-refractivity contribution is 5.06. The van der Waals surface area contributed by atoms with E-state index in [2.05, 4.69) is 18.3 Å². The molecule has 0 aliphatic heterocycles. The largest absolute Gasteiger partial charge is 0.468 e. The van der Waals surface area contributed by atoms with Crippen molar-refractivity contribution in [2.45, 2.75) is 51.5 Å². The summed E-state index contributed by atoms with van der Waals surface area (Å²) < 4.78 is 5.55. The summed E-state index contributed by atoms with van der Waals surface area (Å²) in [5.74, 6) is 2.83. The van der Waals surface area contributed by atoms with E-state index in [0.717, 1.165) is 17.6 Å². The van der Waals surface area contributed by atoms with Crippen molar-refractivity contribution in [3.63, 3.8) is 0 Å². The molecule has 96 valence electrons. The molecule has 1 atom stereocenters. The van der Waals surface area contributed by atoms with Crippen LogP contribution in [0, 0.1) is 11.8 Å². The maximum Gasteiger partial charge on any atom is 0.120 e. The minimum Gasteiger partial charge on any atom is -0.468 e. The maximum absolute atomic E-state index is 5.55. The van der Waals surface area contributed by atoms with Crippen LogP contribution in [0.5, 0.6) is 0 Å². The van der Waals surface area contributed by atoms with Gasteiger partial charge < -0.3 is 9.73 Å². The highest BCUT2D eigenvalue weighted by Crippen LogP contribution is 2.38. The van der Waals surface area contributed by atoms with E-state index in [1.165, 1.54) is 38.5 Å². The fraction of sp³-hybridized carbons (Fsp3) is 0.733. The standard InChI is InChI=1S/C15H25NO/c1-3-5-12-7-9-13(10-8-12)15(16-2)14-6-4-11-17-14/h4,6,11-13,15-16H,3,5,7-10H2,1-2H3. The molecule has 1 heterocycles. The third-order valence-electron chi connectivity index (χ3n) is 4.22. The Labute approximate surface area is 105 Å². The maximum atomic E-state index is 5.55. The van der Waals surface area contributed by atoms with Gasteiger partial charge in [0, 0.05) is 0 Å². The second-order valence-corrected chi connectivity index (χ2v) is 5.35. The molecular weight excluding hydrogens is 210 g/mol. The van der Waals surface area contributed by atoms with E-state index in [0.29, 0.717) is 6.04 Å². The first-order valence-corrected chi connectivity index (χ1v) is 7.05. The average Bonchev–Trinajstić information content (AvgIpc) is 2.86. The van der Waals surface area contributed by atoms with Gasteiger partial charge in [-0.25, -0.2) is 0 Å². The molecule has 0 radical (unpaired) electrons. The van der Waals surface area contributed by atoms with Crippen LogP contribution in [0.3, 0.4) is 0 Å². The Morgan fingerprint density at radius 3 is 2.65 bits per heavy atom. The van der Waals surface area contributed by atoms with Crippen LogP contribution in [0.1, 0.15) is 57.3 Å². The molecule has 0 bridgehead atoms. The van der Waals surface area contributed by atoms with E-state index >= 15 is 0 Å². The van der Waals surface area contributed by atoms with Crippen LogP contribution in [0.25, 0.3) is 0 Å². The van der Waals surface area contributed by atoms with Gasteiger partial charge in [-0.2, -0.15) is 0 Å². The summed E-state index contributed by atoms with van der Waals surface area (Å²) in [5, 5.41) is 3.43. The van der Waals surface area contributed by atoms with Gasteiger partial charge in [0.25, 0.3) is 0 Å². The van der Waals surface area contributed by atoms with E-state index < -0.39 is 0 Å². The van der Waals surface area contributed by atoms with Gasteiger partial charge in [-0.15, -0.1) is 0 Å². The lowest BCUT2D eigenvalue weighted by atomic mass is 9.76. The molecule has 1 unspecified atom stereocenters. The molecule has 0 spiro atoms. The molecule has 1 aliphatic carbocycles. The zero-order valence-corrected chi connectivity index (χ0v) is 11.1. The molecule has 1 N–H and O–H groups in total. The molecule has 1 fully saturated rings. The lowest BCUT2D eigenvalue weighted by Gasteiger charge is -2.32. The number of nitrogens with one attached hydrogen (secondary N) is 1. The minimum atomic E-state index is 0.410. The van der Waals surface area contributed by atoms with Crippen molar-refractivity contribution in [1.29, 1.82) is 0 Å². The van der Waals surface area contributed by atoms with Gasteiger partial charge in [-0.1, -0.05) is 32.6 Å². The molecule has 1 aromatic rings. The van der Waals surface area contributed by atoms with Gasteiger partial charge in [-0.3, -0.25) is 0 Å². The van der Waals surface area contributed by atoms with Gasteiger partial charge in [-0.05, 0) is 43.9 Å². The molecule has 0 amide bonds. The molecule has 17 heavy (non-hydrogen) atoms. The number of furan rings is 1. The Morgan fingerprint density at radius 1 is 1.35 bits per heavy atom. The number of rotatable bonds is 5. The first-order valence-electron chi connectivity index (χ1n) is 7.05. The van der Waals surface area contributed by atoms with E-state index in [1.54, 1.807) is 6.26 Å². The average molecular weight is 235 g/mol. The van der Waals surface area contributed by atoms with Gasteiger partial charge in [0.1, 0.15) is 5.76 Å². The second-order valence-electron chi connectivity index (χ2n) is 5.35. The molecule has 2 nitrogen and oxygen atoms in total. The van der Waals surface area contributed by atoms with Crippen molar-refractivity contribution in [2.24, 2.45) is 11.8 Å². The number of hydrogen-bond donors (Lipinski definition) is 1. The summed E-state index contributed by atoms with van der Waals surface area (Å²) in [6, 6.07) is 4.49. The minimum absolute atomic E-state index is 0.410. The predicted octanol–water partition coefficient (Wildman–Crippen LogP) is 4.15. The Morgan fingerprint density at radius 2 is 2.12 bits per heavy atom. The summed E-state index contributed by atoms with van der Waals surface area (Å²) >= 11 is 0. The zero-order valence-electron chi connectivity index (χ0n) is 11.1. The van der Waals surface area contributed by atoms with Crippen molar-refractivity contribution >= 4 is 0 Å². The van der Waals surface area contributed by atoms with Crippen LogP contribution in [-0.4, -0.2) is 7.05 Å².